The molecule has 0 N–H and O–H groups in total. The Bertz CT molecular complexity index is 790. The molecule has 1 fully saturated rings. The zero-order chi connectivity index (χ0) is 17.9. The lowest BCUT2D eigenvalue weighted by atomic mass is 10.2. The summed E-state index contributed by atoms with van der Waals surface area (Å²) in [4.78, 5) is 16.9. The summed E-state index contributed by atoms with van der Waals surface area (Å²) in [5.41, 5.74) is 1.12. The van der Waals surface area contributed by atoms with E-state index in [-0.39, 0.29) is 12.5 Å². The van der Waals surface area contributed by atoms with Crippen LogP contribution in [-0.4, -0.2) is 54.6 Å². The first-order chi connectivity index (χ1) is 12.7. The largest absolute Gasteiger partial charge is 0.485 e. The first-order valence-corrected chi connectivity index (χ1v) is 9.21. The minimum absolute atomic E-state index is 0.00287. The number of hydrogen-bond acceptors (Lipinski definition) is 4. The highest BCUT2D eigenvalue weighted by Crippen LogP contribution is 2.31. The molecule has 0 bridgehead atoms. The SMILES string of the molecule is O=C([C@@H]1COc2ccccc2O1)N1CCN(Cc2ccccc2Cl)CC1. The first-order valence-electron chi connectivity index (χ1n) is 8.84. The van der Waals surface area contributed by atoms with E-state index in [4.69, 9.17) is 21.1 Å². The number of amides is 1. The topological polar surface area (TPSA) is 42.0 Å². The molecule has 0 radical (unpaired) electrons. The van der Waals surface area contributed by atoms with Crippen molar-refractivity contribution in [1.82, 2.24) is 9.80 Å². The molecule has 0 spiro atoms. The van der Waals surface area contributed by atoms with Crippen LogP contribution < -0.4 is 9.47 Å². The molecular weight excluding hydrogens is 352 g/mol. The highest BCUT2D eigenvalue weighted by Gasteiger charge is 2.32. The molecule has 2 heterocycles. The number of piperazine rings is 1. The molecule has 0 saturated carbocycles. The summed E-state index contributed by atoms with van der Waals surface area (Å²) in [6.45, 7) is 4.08. The maximum Gasteiger partial charge on any atom is 0.267 e. The van der Waals surface area contributed by atoms with Crippen LogP contribution in [-0.2, 0) is 11.3 Å². The van der Waals surface area contributed by atoms with E-state index in [1.165, 1.54) is 0 Å². The van der Waals surface area contributed by atoms with E-state index >= 15 is 0 Å². The fourth-order valence-electron chi connectivity index (χ4n) is 3.34. The molecule has 6 heteroatoms. The Morgan fingerprint density at radius 1 is 1.00 bits per heavy atom. The minimum Gasteiger partial charge on any atom is -0.485 e. The second-order valence-electron chi connectivity index (χ2n) is 6.56. The first kappa shape index (κ1) is 17.2. The third-order valence-electron chi connectivity index (χ3n) is 4.82. The Balaban J connectivity index is 1.32. The number of ether oxygens (including phenoxy) is 2. The minimum atomic E-state index is -0.569. The van der Waals surface area contributed by atoms with Crippen molar-refractivity contribution >= 4 is 17.5 Å². The van der Waals surface area contributed by atoms with Gasteiger partial charge in [0.2, 0.25) is 6.10 Å². The molecule has 2 aromatic rings. The number of para-hydroxylation sites is 2. The van der Waals surface area contributed by atoms with Crippen LogP contribution in [0.5, 0.6) is 11.5 Å². The molecule has 1 saturated heterocycles. The molecule has 0 unspecified atom stereocenters. The molecule has 136 valence electrons. The van der Waals surface area contributed by atoms with Gasteiger partial charge >= 0.3 is 0 Å². The number of carbonyl (C=O) groups excluding carboxylic acids is 1. The van der Waals surface area contributed by atoms with Crippen LogP contribution in [0, 0.1) is 0 Å². The van der Waals surface area contributed by atoms with Crippen molar-refractivity contribution in [2.75, 3.05) is 32.8 Å². The number of carbonyl (C=O) groups is 1. The van der Waals surface area contributed by atoms with E-state index in [0.29, 0.717) is 24.6 Å². The van der Waals surface area contributed by atoms with Gasteiger partial charge in [-0.15, -0.1) is 0 Å². The summed E-state index contributed by atoms with van der Waals surface area (Å²) in [7, 11) is 0. The van der Waals surface area contributed by atoms with Gasteiger partial charge in [0.25, 0.3) is 5.91 Å². The van der Waals surface area contributed by atoms with Crippen molar-refractivity contribution in [2.45, 2.75) is 12.6 Å². The third kappa shape index (κ3) is 3.64. The Kier molecular flexibility index (Phi) is 5.00. The highest BCUT2D eigenvalue weighted by atomic mass is 35.5. The molecule has 1 amide bonds. The van der Waals surface area contributed by atoms with Gasteiger partial charge in [-0.25, -0.2) is 0 Å². The zero-order valence-corrected chi connectivity index (χ0v) is 15.2. The third-order valence-corrected chi connectivity index (χ3v) is 5.19. The van der Waals surface area contributed by atoms with Crippen LogP contribution in [0.15, 0.2) is 48.5 Å². The molecule has 26 heavy (non-hydrogen) atoms. The summed E-state index contributed by atoms with van der Waals surface area (Å²) in [5.74, 6) is 1.33. The van der Waals surface area contributed by atoms with Gasteiger partial charge in [0.1, 0.15) is 6.61 Å². The molecule has 5 nitrogen and oxygen atoms in total. The second kappa shape index (κ2) is 7.56. The van der Waals surface area contributed by atoms with Crippen molar-refractivity contribution in [3.05, 3.63) is 59.1 Å². The predicted molar refractivity (Wildman–Crippen MR) is 99.7 cm³/mol. The van der Waals surface area contributed by atoms with Crippen LogP contribution in [0.1, 0.15) is 5.56 Å². The fourth-order valence-corrected chi connectivity index (χ4v) is 3.53. The van der Waals surface area contributed by atoms with E-state index in [1.807, 2.05) is 53.4 Å². The number of halogens is 1. The standard InChI is InChI=1S/C20H21ClN2O3/c21-16-6-2-1-5-15(16)13-22-9-11-23(12-10-22)20(24)19-14-25-17-7-3-4-8-18(17)26-19/h1-8,19H,9-14H2/t19-/m0/s1. The van der Waals surface area contributed by atoms with Gasteiger partial charge in [-0.2, -0.15) is 0 Å². The van der Waals surface area contributed by atoms with Crippen molar-refractivity contribution in [1.29, 1.82) is 0 Å². The molecule has 2 aliphatic rings. The Morgan fingerprint density at radius 3 is 2.46 bits per heavy atom. The van der Waals surface area contributed by atoms with Gasteiger partial charge in [0.05, 0.1) is 0 Å². The number of benzene rings is 2. The lowest BCUT2D eigenvalue weighted by Crippen LogP contribution is -2.53. The molecule has 1 atom stereocenters. The summed E-state index contributed by atoms with van der Waals surface area (Å²) in [6.07, 6.45) is -0.569. The lowest BCUT2D eigenvalue weighted by Gasteiger charge is -2.37. The zero-order valence-electron chi connectivity index (χ0n) is 14.4. The summed E-state index contributed by atoms with van der Waals surface area (Å²) < 4.78 is 11.5. The maximum atomic E-state index is 12.8. The predicted octanol–water partition coefficient (Wildman–Crippen LogP) is 2.82. The average molecular weight is 373 g/mol. The normalized spacial score (nSPS) is 20.0. The van der Waals surface area contributed by atoms with Crippen LogP contribution >= 0.6 is 11.6 Å². The highest BCUT2D eigenvalue weighted by molar-refractivity contribution is 6.31. The van der Waals surface area contributed by atoms with Gasteiger partial charge in [0, 0.05) is 37.7 Å². The maximum absolute atomic E-state index is 12.8. The Labute approximate surface area is 158 Å². The van der Waals surface area contributed by atoms with E-state index in [2.05, 4.69) is 4.90 Å². The number of hydrogen-bond donors (Lipinski definition) is 0. The second-order valence-corrected chi connectivity index (χ2v) is 6.96. The Morgan fingerprint density at radius 2 is 1.69 bits per heavy atom. The van der Waals surface area contributed by atoms with Gasteiger partial charge in [-0.05, 0) is 23.8 Å². The van der Waals surface area contributed by atoms with E-state index < -0.39 is 6.10 Å². The molecule has 0 aromatic heterocycles. The van der Waals surface area contributed by atoms with Gasteiger partial charge in [0.15, 0.2) is 11.5 Å². The molecular formula is C20H21ClN2O3. The van der Waals surface area contributed by atoms with Crippen LogP contribution in [0.2, 0.25) is 5.02 Å². The number of nitrogens with zero attached hydrogens (tertiary/aromatic N) is 2. The average Bonchev–Trinajstić information content (AvgIpc) is 2.69. The van der Waals surface area contributed by atoms with Gasteiger partial charge in [-0.3, -0.25) is 9.69 Å². The van der Waals surface area contributed by atoms with Crippen molar-refractivity contribution < 1.29 is 14.3 Å². The van der Waals surface area contributed by atoms with E-state index in [9.17, 15) is 4.79 Å². The summed E-state index contributed by atoms with van der Waals surface area (Å²) in [5, 5.41) is 0.789. The van der Waals surface area contributed by atoms with Gasteiger partial charge in [-0.1, -0.05) is 41.9 Å². The smallest absolute Gasteiger partial charge is 0.267 e. The van der Waals surface area contributed by atoms with E-state index in [0.717, 1.165) is 30.2 Å². The fraction of sp³-hybridized carbons (Fsp3) is 0.350. The van der Waals surface area contributed by atoms with Crippen LogP contribution in [0.25, 0.3) is 0 Å². The summed E-state index contributed by atoms with van der Waals surface area (Å²) in [6, 6.07) is 15.3. The van der Waals surface area contributed by atoms with E-state index in [1.54, 1.807) is 0 Å². The van der Waals surface area contributed by atoms with Crippen molar-refractivity contribution in [3.8, 4) is 11.5 Å². The van der Waals surface area contributed by atoms with Crippen molar-refractivity contribution in [2.24, 2.45) is 0 Å². The van der Waals surface area contributed by atoms with Crippen LogP contribution in [0.3, 0.4) is 0 Å². The molecule has 2 aliphatic heterocycles. The van der Waals surface area contributed by atoms with Crippen LogP contribution in [0.4, 0.5) is 0 Å². The monoisotopic (exact) mass is 372 g/mol. The van der Waals surface area contributed by atoms with Gasteiger partial charge < -0.3 is 14.4 Å². The number of rotatable bonds is 3. The molecule has 2 aromatic carbocycles. The Hall–Kier alpha value is -2.24. The quantitative estimate of drug-likeness (QED) is 0.830. The summed E-state index contributed by atoms with van der Waals surface area (Å²) >= 11 is 6.24. The number of fused-ring (bicyclic) bond motifs is 1. The molecule has 4 rings (SSSR count). The molecule has 0 aliphatic carbocycles. The van der Waals surface area contributed by atoms with Crippen molar-refractivity contribution in [3.63, 3.8) is 0 Å². The lowest BCUT2D eigenvalue weighted by molar-refractivity contribution is -0.143.